The summed E-state index contributed by atoms with van der Waals surface area (Å²) in [5.41, 5.74) is 1.46. The minimum absolute atomic E-state index is 0.0949. The summed E-state index contributed by atoms with van der Waals surface area (Å²) in [4.78, 5) is 38.7. The van der Waals surface area contributed by atoms with Crippen molar-refractivity contribution in [1.82, 2.24) is 21.0 Å². The lowest BCUT2D eigenvalue weighted by Crippen LogP contribution is -2.57. The average Bonchev–Trinajstić information content (AvgIpc) is 3.13. The van der Waals surface area contributed by atoms with E-state index in [2.05, 4.69) is 10.6 Å². The third-order valence-electron chi connectivity index (χ3n) is 4.92. The van der Waals surface area contributed by atoms with Crippen LogP contribution in [0.5, 0.6) is 0 Å². The fraction of sp³-hybridized carbons (Fsp3) is 0.833. The average molecular weight is 386 g/mol. The molecule has 3 atom stereocenters. The molecule has 1 heterocycles. The van der Waals surface area contributed by atoms with Gasteiger partial charge in [0, 0.05) is 6.54 Å². The minimum Gasteiger partial charge on any atom is -0.394 e. The number of aliphatic hydroxyl groups excluding tert-OH is 1. The molecule has 1 rings (SSSR count). The van der Waals surface area contributed by atoms with E-state index in [1.165, 1.54) is 5.48 Å². The van der Waals surface area contributed by atoms with Crippen LogP contribution in [0.1, 0.15) is 59.3 Å². The first-order valence-corrected chi connectivity index (χ1v) is 9.77. The van der Waals surface area contributed by atoms with E-state index in [9.17, 15) is 19.5 Å². The molecule has 0 aromatic heterocycles. The van der Waals surface area contributed by atoms with Gasteiger partial charge in [-0.05, 0) is 25.2 Å². The molecule has 1 saturated heterocycles. The Labute approximate surface area is 160 Å². The molecule has 27 heavy (non-hydrogen) atoms. The lowest BCUT2D eigenvalue weighted by Gasteiger charge is -2.31. The Kier molecular flexibility index (Phi) is 10.1. The second-order valence-electron chi connectivity index (χ2n) is 7.37. The van der Waals surface area contributed by atoms with Crippen LogP contribution in [0.4, 0.5) is 4.79 Å². The highest BCUT2D eigenvalue weighted by Crippen LogP contribution is 2.20. The van der Waals surface area contributed by atoms with Crippen molar-refractivity contribution in [2.45, 2.75) is 77.4 Å². The van der Waals surface area contributed by atoms with Gasteiger partial charge in [0.2, 0.25) is 11.8 Å². The predicted molar refractivity (Wildman–Crippen MR) is 100.0 cm³/mol. The minimum atomic E-state index is -0.862. The number of aliphatic hydroxyl groups is 1. The summed E-state index contributed by atoms with van der Waals surface area (Å²) in [6, 6.07) is -2.66. The second kappa shape index (κ2) is 11.8. The van der Waals surface area contributed by atoms with E-state index in [0.717, 1.165) is 32.1 Å². The Hall–Kier alpha value is -1.87. The van der Waals surface area contributed by atoms with Gasteiger partial charge in [-0.15, -0.1) is 0 Å². The molecule has 156 valence electrons. The molecule has 5 N–H and O–H groups in total. The SMILES string of the molecule is CCCCC[C@H](NC(=O)NO)C(=O)NC(C(=O)N1CCC[C@H]1CO)C(C)C. The highest BCUT2D eigenvalue weighted by Gasteiger charge is 2.36. The summed E-state index contributed by atoms with van der Waals surface area (Å²) >= 11 is 0. The van der Waals surface area contributed by atoms with Gasteiger partial charge in [0.25, 0.3) is 0 Å². The van der Waals surface area contributed by atoms with Crippen LogP contribution >= 0.6 is 0 Å². The monoisotopic (exact) mass is 386 g/mol. The largest absolute Gasteiger partial charge is 0.394 e. The van der Waals surface area contributed by atoms with Crippen LogP contribution in [0.15, 0.2) is 0 Å². The van der Waals surface area contributed by atoms with Crippen LogP contribution in [-0.2, 0) is 9.59 Å². The van der Waals surface area contributed by atoms with Gasteiger partial charge in [0.1, 0.15) is 12.1 Å². The Balaban J connectivity index is 2.82. The van der Waals surface area contributed by atoms with E-state index in [-0.39, 0.29) is 24.5 Å². The number of hydrogen-bond donors (Lipinski definition) is 5. The fourth-order valence-electron chi connectivity index (χ4n) is 3.32. The zero-order valence-corrected chi connectivity index (χ0v) is 16.5. The number of nitrogens with zero attached hydrogens (tertiary/aromatic N) is 1. The molecule has 0 spiro atoms. The molecule has 0 bridgehead atoms. The van der Waals surface area contributed by atoms with Crippen LogP contribution in [0.3, 0.4) is 0 Å². The van der Waals surface area contributed by atoms with E-state index in [1.54, 1.807) is 4.90 Å². The first kappa shape index (κ1) is 23.2. The normalized spacial score (nSPS) is 18.9. The molecule has 1 aliphatic rings. The van der Waals surface area contributed by atoms with Crippen LogP contribution in [0.2, 0.25) is 0 Å². The number of hydrogen-bond acceptors (Lipinski definition) is 5. The predicted octanol–water partition coefficient (Wildman–Crippen LogP) is 0.748. The van der Waals surface area contributed by atoms with Crippen molar-refractivity contribution in [2.24, 2.45) is 5.92 Å². The van der Waals surface area contributed by atoms with E-state index in [1.807, 2.05) is 20.8 Å². The highest BCUT2D eigenvalue weighted by atomic mass is 16.5. The molecular formula is C18H34N4O5. The Morgan fingerprint density at radius 3 is 2.44 bits per heavy atom. The lowest BCUT2D eigenvalue weighted by molar-refractivity contribution is -0.139. The molecule has 9 nitrogen and oxygen atoms in total. The second-order valence-corrected chi connectivity index (χ2v) is 7.37. The van der Waals surface area contributed by atoms with Crippen LogP contribution in [-0.4, -0.2) is 64.3 Å². The summed E-state index contributed by atoms with van der Waals surface area (Å²) in [6.07, 6.45) is 4.59. The van der Waals surface area contributed by atoms with E-state index in [4.69, 9.17) is 5.21 Å². The Morgan fingerprint density at radius 2 is 1.89 bits per heavy atom. The number of nitrogens with one attached hydrogen (secondary N) is 3. The molecule has 0 aromatic rings. The van der Waals surface area contributed by atoms with Crippen molar-refractivity contribution >= 4 is 17.8 Å². The van der Waals surface area contributed by atoms with Crippen molar-refractivity contribution in [3.63, 3.8) is 0 Å². The number of rotatable bonds is 10. The van der Waals surface area contributed by atoms with Crippen molar-refractivity contribution in [2.75, 3.05) is 13.2 Å². The molecule has 1 fully saturated rings. The lowest BCUT2D eigenvalue weighted by atomic mass is 10.0. The third-order valence-corrected chi connectivity index (χ3v) is 4.92. The summed E-state index contributed by atoms with van der Waals surface area (Å²) in [5, 5.41) is 23.4. The molecule has 0 aromatic carbocycles. The number of hydroxylamine groups is 1. The van der Waals surface area contributed by atoms with Crippen molar-refractivity contribution in [3.8, 4) is 0 Å². The van der Waals surface area contributed by atoms with Crippen LogP contribution < -0.4 is 16.1 Å². The smallest absolute Gasteiger partial charge is 0.339 e. The van der Waals surface area contributed by atoms with Gasteiger partial charge < -0.3 is 20.6 Å². The van der Waals surface area contributed by atoms with Gasteiger partial charge in [-0.1, -0.05) is 40.0 Å². The van der Waals surface area contributed by atoms with Gasteiger partial charge in [-0.25, -0.2) is 10.3 Å². The highest BCUT2D eigenvalue weighted by molar-refractivity contribution is 5.92. The molecule has 1 aliphatic heterocycles. The summed E-state index contributed by atoms with van der Waals surface area (Å²) in [7, 11) is 0. The molecule has 0 saturated carbocycles. The van der Waals surface area contributed by atoms with Crippen LogP contribution in [0, 0.1) is 5.92 Å². The third kappa shape index (κ3) is 6.99. The Bertz CT molecular complexity index is 500. The topological polar surface area (TPSA) is 131 Å². The number of amides is 4. The van der Waals surface area contributed by atoms with Gasteiger partial charge in [-0.3, -0.25) is 14.8 Å². The van der Waals surface area contributed by atoms with Crippen LogP contribution in [0.25, 0.3) is 0 Å². The molecule has 4 amide bonds. The van der Waals surface area contributed by atoms with Crippen molar-refractivity contribution in [3.05, 3.63) is 0 Å². The first-order chi connectivity index (χ1) is 12.8. The Morgan fingerprint density at radius 1 is 1.19 bits per heavy atom. The summed E-state index contributed by atoms with van der Waals surface area (Å²) < 4.78 is 0. The first-order valence-electron chi connectivity index (χ1n) is 9.77. The molecule has 9 heteroatoms. The zero-order chi connectivity index (χ0) is 20.4. The maximum Gasteiger partial charge on any atom is 0.339 e. The maximum absolute atomic E-state index is 12.9. The molecular weight excluding hydrogens is 352 g/mol. The maximum atomic E-state index is 12.9. The van der Waals surface area contributed by atoms with Gasteiger partial charge >= 0.3 is 6.03 Å². The standard InChI is InChI=1S/C18H34N4O5/c1-4-5-6-9-14(19-18(26)21-27)16(24)20-15(12(2)3)17(25)22-10-7-8-13(22)11-23/h12-15,23,27H,4-11H2,1-3H3,(H,20,24)(H2,19,21,26)/t13-,14-,15?/m0/s1. The number of carbonyl (C=O) groups is 3. The quantitative estimate of drug-likeness (QED) is 0.215. The van der Waals surface area contributed by atoms with Gasteiger partial charge in [0.15, 0.2) is 0 Å². The number of carbonyl (C=O) groups excluding carboxylic acids is 3. The molecule has 0 aliphatic carbocycles. The summed E-state index contributed by atoms with van der Waals surface area (Å²) in [6.45, 7) is 6.18. The number of likely N-dealkylation sites (tertiary alicyclic amines) is 1. The van der Waals surface area contributed by atoms with E-state index in [0.29, 0.717) is 13.0 Å². The van der Waals surface area contributed by atoms with Crippen molar-refractivity contribution in [1.29, 1.82) is 0 Å². The van der Waals surface area contributed by atoms with E-state index >= 15 is 0 Å². The number of urea groups is 1. The molecule has 0 radical (unpaired) electrons. The van der Waals surface area contributed by atoms with Gasteiger partial charge in [0.05, 0.1) is 12.6 Å². The molecule has 1 unspecified atom stereocenters. The van der Waals surface area contributed by atoms with E-state index < -0.39 is 24.0 Å². The zero-order valence-electron chi connectivity index (χ0n) is 16.5. The summed E-state index contributed by atoms with van der Waals surface area (Å²) in [5.74, 6) is -0.820. The fourth-order valence-corrected chi connectivity index (χ4v) is 3.32. The number of unbranched alkanes of at least 4 members (excludes halogenated alkanes) is 2. The van der Waals surface area contributed by atoms with Crippen molar-refractivity contribution < 1.29 is 24.7 Å². The van der Waals surface area contributed by atoms with Gasteiger partial charge in [-0.2, -0.15) is 0 Å².